The van der Waals surface area contributed by atoms with E-state index in [2.05, 4.69) is 14.9 Å². The van der Waals surface area contributed by atoms with Crippen LogP contribution in [0, 0.1) is 0 Å². The second-order valence-corrected chi connectivity index (χ2v) is 6.53. The highest BCUT2D eigenvalue weighted by atomic mass is 16.6. The number of aromatic nitrogens is 2. The zero-order chi connectivity index (χ0) is 14.8. The molecule has 3 saturated heterocycles. The summed E-state index contributed by atoms with van der Waals surface area (Å²) in [5, 5.41) is 0. The third kappa shape index (κ3) is 2.95. The number of likely N-dealkylation sites (tertiary alicyclic amines) is 1. The van der Waals surface area contributed by atoms with Crippen LogP contribution in [0.3, 0.4) is 0 Å². The van der Waals surface area contributed by atoms with E-state index < -0.39 is 0 Å². The molecule has 22 heavy (non-hydrogen) atoms. The quantitative estimate of drug-likeness (QED) is 0.838. The molecule has 2 unspecified atom stereocenters. The molecule has 120 valence electrons. The van der Waals surface area contributed by atoms with E-state index in [1.165, 1.54) is 0 Å². The Bertz CT molecular complexity index is 495. The molecule has 0 bridgehead atoms. The van der Waals surface area contributed by atoms with Gasteiger partial charge in [0.2, 0.25) is 0 Å². The first-order valence-electron chi connectivity index (χ1n) is 8.22. The van der Waals surface area contributed by atoms with Gasteiger partial charge in [-0.05, 0) is 25.3 Å². The van der Waals surface area contributed by atoms with Gasteiger partial charge in [-0.1, -0.05) is 0 Å². The van der Waals surface area contributed by atoms with Crippen molar-refractivity contribution in [3.05, 3.63) is 18.5 Å². The predicted molar refractivity (Wildman–Crippen MR) is 79.8 cm³/mol. The SMILES string of the molecule is c1cnc(OC2COC3(CCN(C4CCOCC4)C3)C2)nc1. The van der Waals surface area contributed by atoms with Crippen LogP contribution in [0.15, 0.2) is 18.5 Å². The zero-order valence-electron chi connectivity index (χ0n) is 12.8. The highest BCUT2D eigenvalue weighted by Gasteiger charge is 2.47. The average molecular weight is 305 g/mol. The van der Waals surface area contributed by atoms with Crippen molar-refractivity contribution in [3.8, 4) is 6.01 Å². The van der Waals surface area contributed by atoms with Gasteiger partial charge in [0.15, 0.2) is 0 Å². The number of hydrogen-bond donors (Lipinski definition) is 0. The van der Waals surface area contributed by atoms with Gasteiger partial charge in [-0.15, -0.1) is 0 Å². The highest BCUT2D eigenvalue weighted by molar-refractivity contribution is 5.02. The maximum absolute atomic E-state index is 6.15. The summed E-state index contributed by atoms with van der Waals surface area (Å²) in [6.45, 7) is 4.57. The van der Waals surface area contributed by atoms with Crippen LogP contribution in [0.25, 0.3) is 0 Å². The Hall–Kier alpha value is -1.24. The molecule has 0 radical (unpaired) electrons. The van der Waals surface area contributed by atoms with E-state index in [4.69, 9.17) is 14.2 Å². The van der Waals surface area contributed by atoms with Crippen LogP contribution in [0.4, 0.5) is 0 Å². The molecule has 1 aromatic rings. The van der Waals surface area contributed by atoms with Gasteiger partial charge in [0.1, 0.15) is 6.10 Å². The molecule has 2 atom stereocenters. The largest absolute Gasteiger partial charge is 0.458 e. The molecule has 3 aliphatic heterocycles. The Morgan fingerprint density at radius 3 is 2.86 bits per heavy atom. The minimum Gasteiger partial charge on any atom is -0.458 e. The Labute approximate surface area is 130 Å². The standard InChI is InChI=1S/C16H23N3O3/c1-5-17-15(18-6-1)22-14-10-16(21-11-14)4-7-19(12-16)13-2-8-20-9-3-13/h1,5-6,13-14H,2-4,7-12H2. The van der Waals surface area contributed by atoms with Crippen molar-refractivity contribution in [1.82, 2.24) is 14.9 Å². The first kappa shape index (κ1) is 14.4. The maximum Gasteiger partial charge on any atom is 0.316 e. The Balaban J connectivity index is 1.34. The first-order valence-corrected chi connectivity index (χ1v) is 8.22. The molecule has 0 amide bonds. The van der Waals surface area contributed by atoms with Crippen molar-refractivity contribution in [1.29, 1.82) is 0 Å². The monoisotopic (exact) mass is 305 g/mol. The summed E-state index contributed by atoms with van der Waals surface area (Å²) in [7, 11) is 0. The molecule has 3 fully saturated rings. The van der Waals surface area contributed by atoms with Crippen LogP contribution in [0.1, 0.15) is 25.7 Å². The molecular formula is C16H23N3O3. The van der Waals surface area contributed by atoms with E-state index in [0.29, 0.717) is 18.7 Å². The Morgan fingerprint density at radius 2 is 2.05 bits per heavy atom. The summed E-state index contributed by atoms with van der Waals surface area (Å²) < 4.78 is 17.5. The van der Waals surface area contributed by atoms with Crippen LogP contribution in [-0.2, 0) is 9.47 Å². The minimum atomic E-state index is -0.0300. The average Bonchev–Trinajstić information content (AvgIpc) is 3.17. The van der Waals surface area contributed by atoms with Crippen molar-refractivity contribution in [2.75, 3.05) is 32.9 Å². The molecule has 0 aliphatic carbocycles. The summed E-state index contributed by atoms with van der Waals surface area (Å²) >= 11 is 0. The smallest absolute Gasteiger partial charge is 0.316 e. The summed E-state index contributed by atoms with van der Waals surface area (Å²) in [6.07, 6.45) is 7.80. The van der Waals surface area contributed by atoms with E-state index in [1.54, 1.807) is 18.5 Å². The zero-order valence-corrected chi connectivity index (χ0v) is 12.8. The molecule has 1 aromatic heterocycles. The molecule has 6 nitrogen and oxygen atoms in total. The number of hydrogen-bond acceptors (Lipinski definition) is 6. The van der Waals surface area contributed by atoms with Gasteiger partial charge in [-0.25, -0.2) is 9.97 Å². The lowest BCUT2D eigenvalue weighted by Gasteiger charge is -2.32. The lowest BCUT2D eigenvalue weighted by Crippen LogP contribution is -2.41. The lowest BCUT2D eigenvalue weighted by atomic mass is 9.98. The summed E-state index contributed by atoms with van der Waals surface area (Å²) in [4.78, 5) is 10.9. The van der Waals surface area contributed by atoms with E-state index in [0.717, 1.165) is 52.0 Å². The number of nitrogens with zero attached hydrogens (tertiary/aromatic N) is 3. The van der Waals surface area contributed by atoms with Gasteiger partial charge >= 0.3 is 6.01 Å². The molecule has 3 aliphatic rings. The van der Waals surface area contributed by atoms with E-state index in [1.807, 2.05) is 0 Å². The normalized spacial score (nSPS) is 33.5. The van der Waals surface area contributed by atoms with Gasteiger partial charge in [-0.2, -0.15) is 0 Å². The van der Waals surface area contributed by atoms with Crippen LogP contribution < -0.4 is 4.74 Å². The Kier molecular flexibility index (Phi) is 3.98. The third-order valence-corrected chi connectivity index (χ3v) is 5.04. The van der Waals surface area contributed by atoms with E-state index in [9.17, 15) is 0 Å². The first-order chi connectivity index (χ1) is 10.8. The van der Waals surface area contributed by atoms with Crippen LogP contribution in [0.5, 0.6) is 6.01 Å². The molecule has 1 spiro atoms. The molecule has 0 N–H and O–H groups in total. The van der Waals surface area contributed by atoms with Gasteiger partial charge < -0.3 is 14.2 Å². The minimum absolute atomic E-state index is 0.0300. The summed E-state index contributed by atoms with van der Waals surface area (Å²) in [6, 6.07) is 2.91. The molecule has 4 heterocycles. The van der Waals surface area contributed by atoms with E-state index >= 15 is 0 Å². The van der Waals surface area contributed by atoms with Gasteiger partial charge in [-0.3, -0.25) is 4.90 Å². The van der Waals surface area contributed by atoms with Gasteiger partial charge in [0.25, 0.3) is 0 Å². The van der Waals surface area contributed by atoms with Gasteiger partial charge in [0.05, 0.1) is 12.2 Å². The van der Waals surface area contributed by atoms with Crippen molar-refractivity contribution < 1.29 is 14.2 Å². The topological polar surface area (TPSA) is 56.7 Å². The number of rotatable bonds is 3. The number of ether oxygens (including phenoxy) is 3. The third-order valence-electron chi connectivity index (χ3n) is 5.04. The fourth-order valence-corrected chi connectivity index (χ4v) is 3.90. The molecule has 6 heteroatoms. The van der Waals surface area contributed by atoms with E-state index in [-0.39, 0.29) is 11.7 Å². The molecular weight excluding hydrogens is 282 g/mol. The lowest BCUT2D eigenvalue weighted by molar-refractivity contribution is -0.00468. The second kappa shape index (κ2) is 6.10. The molecule has 0 saturated carbocycles. The van der Waals surface area contributed by atoms with Crippen molar-refractivity contribution in [3.63, 3.8) is 0 Å². The second-order valence-electron chi connectivity index (χ2n) is 6.53. The van der Waals surface area contributed by atoms with Crippen LogP contribution in [0.2, 0.25) is 0 Å². The maximum atomic E-state index is 6.15. The molecule has 0 aromatic carbocycles. The van der Waals surface area contributed by atoms with Crippen molar-refractivity contribution in [2.24, 2.45) is 0 Å². The fourth-order valence-electron chi connectivity index (χ4n) is 3.90. The van der Waals surface area contributed by atoms with Gasteiger partial charge in [0, 0.05) is 51.2 Å². The Morgan fingerprint density at radius 1 is 1.23 bits per heavy atom. The summed E-state index contributed by atoms with van der Waals surface area (Å²) in [5.41, 5.74) is -0.0300. The van der Waals surface area contributed by atoms with Crippen molar-refractivity contribution in [2.45, 2.75) is 43.4 Å². The fraction of sp³-hybridized carbons (Fsp3) is 0.750. The summed E-state index contributed by atoms with van der Waals surface area (Å²) in [5.74, 6) is 0. The van der Waals surface area contributed by atoms with Crippen LogP contribution >= 0.6 is 0 Å². The molecule has 4 rings (SSSR count). The predicted octanol–water partition coefficient (Wildman–Crippen LogP) is 1.27. The van der Waals surface area contributed by atoms with Crippen molar-refractivity contribution >= 4 is 0 Å². The van der Waals surface area contributed by atoms with Crippen LogP contribution in [-0.4, -0.2) is 65.5 Å². The highest BCUT2D eigenvalue weighted by Crippen LogP contribution is 2.37.